The van der Waals surface area contributed by atoms with Gasteiger partial charge in [-0.1, -0.05) is 39.5 Å². The Morgan fingerprint density at radius 3 is 1.87 bits per heavy atom. The summed E-state index contributed by atoms with van der Waals surface area (Å²) >= 11 is 1.65. The van der Waals surface area contributed by atoms with E-state index >= 15 is 0 Å². The first-order valence-electron chi connectivity index (χ1n) is 11.4. The van der Waals surface area contributed by atoms with E-state index in [2.05, 4.69) is 42.9 Å². The first kappa shape index (κ1) is 23.1. The van der Waals surface area contributed by atoms with Crippen molar-refractivity contribution in [2.45, 2.75) is 59.3 Å². The third-order valence-electron chi connectivity index (χ3n) is 5.07. The predicted molar refractivity (Wildman–Crippen MR) is 130 cm³/mol. The van der Waals surface area contributed by atoms with Crippen LogP contribution in [0, 0.1) is 6.92 Å². The maximum absolute atomic E-state index is 5.85. The highest BCUT2D eigenvalue weighted by atomic mass is 32.1. The molecule has 1 heterocycles. The number of unbranched alkanes of at least 4 members (excludes halogenated alkanes) is 4. The van der Waals surface area contributed by atoms with E-state index in [1.54, 1.807) is 11.3 Å². The Hall–Kier alpha value is -2.53. The van der Waals surface area contributed by atoms with Crippen LogP contribution < -0.4 is 14.3 Å². The van der Waals surface area contributed by atoms with E-state index in [0.29, 0.717) is 0 Å². The first-order valence-corrected chi connectivity index (χ1v) is 12.3. The number of thiazole rings is 1. The fourth-order valence-corrected chi connectivity index (χ4v) is 4.18. The molecule has 0 spiro atoms. The summed E-state index contributed by atoms with van der Waals surface area (Å²) < 4.78 is 13.8. The van der Waals surface area contributed by atoms with E-state index in [0.717, 1.165) is 59.4 Å². The zero-order valence-corrected chi connectivity index (χ0v) is 19.8. The average Bonchev–Trinajstić information content (AvgIpc) is 3.16. The Kier molecular flexibility index (Phi) is 9.22. The minimum atomic E-state index is 0.771. The minimum Gasteiger partial charge on any atom is -0.494 e. The van der Waals surface area contributed by atoms with Gasteiger partial charge >= 0.3 is 0 Å². The maximum atomic E-state index is 5.85. The van der Waals surface area contributed by atoms with Crippen molar-refractivity contribution in [3.8, 4) is 17.2 Å². The summed E-state index contributed by atoms with van der Waals surface area (Å²) in [6.07, 6.45) is 7.02. The van der Waals surface area contributed by atoms with Gasteiger partial charge in [-0.25, -0.2) is 4.99 Å². The lowest BCUT2D eigenvalue weighted by Gasteiger charge is -2.09. The Balaban J connectivity index is 1.71. The van der Waals surface area contributed by atoms with Gasteiger partial charge < -0.3 is 9.47 Å². The van der Waals surface area contributed by atoms with E-state index in [1.807, 2.05) is 36.4 Å². The van der Waals surface area contributed by atoms with Gasteiger partial charge in [0.15, 0.2) is 4.80 Å². The van der Waals surface area contributed by atoms with Crippen molar-refractivity contribution < 1.29 is 9.47 Å². The molecule has 3 aromatic rings. The highest BCUT2D eigenvalue weighted by molar-refractivity contribution is 7.07. The zero-order valence-electron chi connectivity index (χ0n) is 19.0. The van der Waals surface area contributed by atoms with Gasteiger partial charge in [0.25, 0.3) is 0 Å². The van der Waals surface area contributed by atoms with Crippen LogP contribution in [0.1, 0.15) is 58.1 Å². The lowest BCUT2D eigenvalue weighted by molar-refractivity contribution is 0.306. The Morgan fingerprint density at radius 2 is 1.32 bits per heavy atom. The number of rotatable bonds is 12. The number of aryl methyl sites for hydroxylation is 1. The molecule has 0 aliphatic carbocycles. The van der Waals surface area contributed by atoms with E-state index in [-0.39, 0.29) is 0 Å². The smallest absolute Gasteiger partial charge is 0.194 e. The third kappa shape index (κ3) is 7.00. The topological polar surface area (TPSA) is 35.8 Å². The molecule has 0 fully saturated rings. The number of aromatic nitrogens is 1. The van der Waals surface area contributed by atoms with Gasteiger partial charge in [-0.3, -0.25) is 4.57 Å². The fraction of sp³-hybridized carbons (Fsp3) is 0.423. The molecule has 2 aromatic carbocycles. The molecule has 0 atom stereocenters. The number of ether oxygens (including phenoxy) is 2. The molecule has 0 unspecified atom stereocenters. The van der Waals surface area contributed by atoms with E-state index in [1.165, 1.54) is 25.7 Å². The molecular weight excluding hydrogens is 404 g/mol. The second-order valence-electron chi connectivity index (χ2n) is 7.71. The molecule has 31 heavy (non-hydrogen) atoms. The Bertz CT molecular complexity index is 972. The summed E-state index contributed by atoms with van der Waals surface area (Å²) in [5.41, 5.74) is 3.18. The third-order valence-corrected chi connectivity index (χ3v) is 6.01. The summed E-state index contributed by atoms with van der Waals surface area (Å²) in [7, 11) is 0. The minimum absolute atomic E-state index is 0.771. The Morgan fingerprint density at radius 1 is 0.774 bits per heavy atom. The molecule has 5 heteroatoms. The van der Waals surface area contributed by atoms with Gasteiger partial charge in [0.2, 0.25) is 0 Å². The number of nitrogens with zero attached hydrogens (tertiary/aromatic N) is 2. The molecule has 0 aliphatic heterocycles. The highest BCUT2D eigenvalue weighted by Crippen LogP contribution is 2.20. The first-order chi connectivity index (χ1) is 15.2. The fourth-order valence-electron chi connectivity index (χ4n) is 3.29. The van der Waals surface area contributed by atoms with Crippen LogP contribution in [-0.2, 0) is 0 Å². The zero-order chi connectivity index (χ0) is 21.9. The van der Waals surface area contributed by atoms with Crippen molar-refractivity contribution in [3.05, 3.63) is 64.4 Å². The van der Waals surface area contributed by atoms with E-state index < -0.39 is 0 Å². The second-order valence-corrected chi connectivity index (χ2v) is 8.54. The highest BCUT2D eigenvalue weighted by Gasteiger charge is 2.05. The van der Waals surface area contributed by atoms with Crippen LogP contribution in [0.25, 0.3) is 5.69 Å². The summed E-state index contributed by atoms with van der Waals surface area (Å²) in [5, 5.41) is 2.14. The normalized spacial score (nSPS) is 11.6. The molecule has 0 amide bonds. The molecule has 0 aliphatic rings. The van der Waals surface area contributed by atoms with Crippen LogP contribution in [0.3, 0.4) is 0 Å². The van der Waals surface area contributed by atoms with Crippen LogP contribution in [0.4, 0.5) is 5.69 Å². The van der Waals surface area contributed by atoms with Crippen molar-refractivity contribution in [1.29, 1.82) is 0 Å². The molecule has 166 valence electrons. The Labute approximate surface area is 190 Å². The van der Waals surface area contributed by atoms with Gasteiger partial charge in [0.05, 0.1) is 18.9 Å². The van der Waals surface area contributed by atoms with E-state index in [4.69, 9.17) is 14.5 Å². The van der Waals surface area contributed by atoms with Crippen LogP contribution in [0.15, 0.2) is 58.9 Å². The lowest BCUT2D eigenvalue weighted by Crippen LogP contribution is -2.13. The van der Waals surface area contributed by atoms with Gasteiger partial charge in [0, 0.05) is 16.8 Å². The lowest BCUT2D eigenvalue weighted by atomic mass is 10.2. The monoisotopic (exact) mass is 438 g/mol. The largest absolute Gasteiger partial charge is 0.494 e. The molecule has 0 bridgehead atoms. The van der Waals surface area contributed by atoms with Gasteiger partial charge in [-0.05, 0) is 68.3 Å². The standard InChI is InChI=1S/C26H34N2O2S/c1-4-6-8-18-29-24-14-10-22(11-15-24)27-26-28(21(3)20-31-26)23-12-16-25(17-13-23)30-19-9-7-5-2/h10-17,20H,4-9,18-19H2,1-3H3. The van der Waals surface area contributed by atoms with Gasteiger partial charge in [-0.2, -0.15) is 0 Å². The summed E-state index contributed by atoms with van der Waals surface area (Å²) in [6.45, 7) is 8.06. The molecule has 3 rings (SSSR count). The number of hydrogen-bond acceptors (Lipinski definition) is 4. The summed E-state index contributed by atoms with van der Waals surface area (Å²) in [5.74, 6) is 1.82. The van der Waals surface area contributed by atoms with Crippen LogP contribution in [-0.4, -0.2) is 17.8 Å². The average molecular weight is 439 g/mol. The number of benzene rings is 2. The van der Waals surface area contributed by atoms with Crippen LogP contribution in [0.5, 0.6) is 11.5 Å². The molecule has 0 radical (unpaired) electrons. The predicted octanol–water partition coefficient (Wildman–Crippen LogP) is 7.22. The van der Waals surface area contributed by atoms with Crippen LogP contribution >= 0.6 is 11.3 Å². The SMILES string of the molecule is CCCCCOc1ccc(N=c2scc(C)n2-c2ccc(OCCCCC)cc2)cc1. The molecule has 0 saturated heterocycles. The van der Waals surface area contributed by atoms with Gasteiger partial charge in [-0.15, -0.1) is 11.3 Å². The molecular formula is C26H34N2O2S. The van der Waals surface area contributed by atoms with E-state index in [9.17, 15) is 0 Å². The quantitative estimate of drug-likeness (QED) is 0.280. The molecule has 0 saturated carbocycles. The number of hydrogen-bond donors (Lipinski definition) is 0. The van der Waals surface area contributed by atoms with Crippen molar-refractivity contribution in [3.63, 3.8) is 0 Å². The van der Waals surface area contributed by atoms with Crippen LogP contribution in [0.2, 0.25) is 0 Å². The maximum Gasteiger partial charge on any atom is 0.194 e. The van der Waals surface area contributed by atoms with Crippen molar-refractivity contribution in [1.82, 2.24) is 4.57 Å². The summed E-state index contributed by atoms with van der Waals surface area (Å²) in [6, 6.07) is 16.3. The van der Waals surface area contributed by atoms with Crippen molar-refractivity contribution in [2.24, 2.45) is 4.99 Å². The van der Waals surface area contributed by atoms with Gasteiger partial charge in [0.1, 0.15) is 11.5 Å². The summed E-state index contributed by atoms with van der Waals surface area (Å²) in [4.78, 5) is 5.83. The molecule has 0 N–H and O–H groups in total. The second kappa shape index (κ2) is 12.4. The molecule has 4 nitrogen and oxygen atoms in total. The molecule has 1 aromatic heterocycles. The van der Waals surface area contributed by atoms with Crippen molar-refractivity contribution in [2.75, 3.05) is 13.2 Å². The van der Waals surface area contributed by atoms with Crippen molar-refractivity contribution >= 4 is 17.0 Å².